The molecule has 2 aromatic heterocycles. The maximum Gasteiger partial charge on any atom is 0.357 e. The van der Waals surface area contributed by atoms with Crippen molar-refractivity contribution in [1.82, 2.24) is 9.78 Å². The van der Waals surface area contributed by atoms with E-state index in [1.807, 2.05) is 6.92 Å². The third-order valence-electron chi connectivity index (χ3n) is 3.52. The molecule has 0 unspecified atom stereocenters. The van der Waals surface area contributed by atoms with Gasteiger partial charge in [0.1, 0.15) is 5.00 Å². The van der Waals surface area contributed by atoms with Crippen LogP contribution in [0.2, 0.25) is 0 Å². The van der Waals surface area contributed by atoms with Crippen LogP contribution in [0.3, 0.4) is 0 Å². The number of hydrogen-bond donors (Lipinski definition) is 3. The SMILES string of the molecule is CCCOC(=O)c1c(NC(=O)c2cn(C)nc2C(=O)O)sc(C(N)=O)c1C. The van der Waals surface area contributed by atoms with Gasteiger partial charge >= 0.3 is 11.9 Å². The van der Waals surface area contributed by atoms with Crippen molar-refractivity contribution in [2.45, 2.75) is 20.3 Å². The largest absolute Gasteiger partial charge is 0.476 e. The number of esters is 1. The van der Waals surface area contributed by atoms with Crippen molar-refractivity contribution in [3.8, 4) is 0 Å². The number of aryl methyl sites for hydroxylation is 1. The molecule has 144 valence electrons. The molecule has 27 heavy (non-hydrogen) atoms. The number of carboxylic acids is 1. The Balaban J connectivity index is 2.44. The van der Waals surface area contributed by atoms with Crippen LogP contribution in [-0.2, 0) is 11.8 Å². The number of nitrogens with one attached hydrogen (secondary N) is 1. The van der Waals surface area contributed by atoms with E-state index in [2.05, 4.69) is 10.4 Å². The van der Waals surface area contributed by atoms with Crippen molar-refractivity contribution in [1.29, 1.82) is 0 Å². The summed E-state index contributed by atoms with van der Waals surface area (Å²) in [5.74, 6) is -3.63. The molecular weight excluding hydrogens is 376 g/mol. The molecule has 0 fully saturated rings. The Kier molecular flexibility index (Phi) is 5.95. The average molecular weight is 394 g/mol. The molecule has 2 amide bonds. The molecule has 11 heteroatoms. The predicted octanol–water partition coefficient (Wildman–Crippen LogP) is 1.41. The summed E-state index contributed by atoms with van der Waals surface area (Å²) in [6, 6.07) is 0. The second-order valence-electron chi connectivity index (χ2n) is 5.58. The summed E-state index contributed by atoms with van der Waals surface area (Å²) >= 11 is 0.818. The summed E-state index contributed by atoms with van der Waals surface area (Å²) in [7, 11) is 1.47. The lowest BCUT2D eigenvalue weighted by molar-refractivity contribution is 0.0505. The van der Waals surface area contributed by atoms with Crippen molar-refractivity contribution in [2.24, 2.45) is 12.8 Å². The summed E-state index contributed by atoms with van der Waals surface area (Å²) in [4.78, 5) is 47.8. The fourth-order valence-corrected chi connectivity index (χ4v) is 3.37. The van der Waals surface area contributed by atoms with E-state index in [0.29, 0.717) is 6.42 Å². The molecule has 2 aromatic rings. The first-order valence-electron chi connectivity index (χ1n) is 7.85. The van der Waals surface area contributed by atoms with Gasteiger partial charge in [0.25, 0.3) is 11.8 Å². The van der Waals surface area contributed by atoms with Crippen LogP contribution in [0, 0.1) is 6.92 Å². The minimum atomic E-state index is -1.37. The average Bonchev–Trinajstić information content (AvgIpc) is 3.13. The van der Waals surface area contributed by atoms with Gasteiger partial charge in [0.05, 0.1) is 22.6 Å². The van der Waals surface area contributed by atoms with Crippen LogP contribution in [-0.4, -0.2) is 45.2 Å². The number of aromatic nitrogens is 2. The number of thiophene rings is 1. The summed E-state index contributed by atoms with van der Waals surface area (Å²) < 4.78 is 6.28. The molecule has 0 aliphatic rings. The third kappa shape index (κ3) is 4.14. The van der Waals surface area contributed by atoms with Gasteiger partial charge in [-0.25, -0.2) is 9.59 Å². The quantitative estimate of drug-likeness (QED) is 0.600. The molecule has 0 spiro atoms. The van der Waals surface area contributed by atoms with E-state index in [1.54, 1.807) is 0 Å². The van der Waals surface area contributed by atoms with Crippen molar-refractivity contribution in [3.05, 3.63) is 33.5 Å². The molecule has 0 aliphatic carbocycles. The van der Waals surface area contributed by atoms with Crippen LogP contribution >= 0.6 is 11.3 Å². The molecule has 0 aliphatic heterocycles. The van der Waals surface area contributed by atoms with E-state index in [-0.39, 0.29) is 33.2 Å². The second kappa shape index (κ2) is 7.99. The molecular formula is C16H18N4O6S. The van der Waals surface area contributed by atoms with Crippen molar-refractivity contribution in [2.75, 3.05) is 11.9 Å². The van der Waals surface area contributed by atoms with Crippen LogP contribution in [0.1, 0.15) is 59.8 Å². The lowest BCUT2D eigenvalue weighted by Gasteiger charge is -2.07. The zero-order chi connectivity index (χ0) is 20.3. The zero-order valence-corrected chi connectivity index (χ0v) is 15.7. The van der Waals surface area contributed by atoms with Crippen LogP contribution in [0.15, 0.2) is 6.20 Å². The third-order valence-corrected chi connectivity index (χ3v) is 4.74. The number of carboxylic acid groups (broad SMARTS) is 1. The maximum atomic E-state index is 12.5. The Labute approximate surface area is 157 Å². The topological polar surface area (TPSA) is 154 Å². The van der Waals surface area contributed by atoms with E-state index in [1.165, 1.54) is 24.9 Å². The van der Waals surface area contributed by atoms with Crippen LogP contribution in [0.25, 0.3) is 0 Å². The molecule has 10 nitrogen and oxygen atoms in total. The van der Waals surface area contributed by atoms with Gasteiger partial charge in [-0.2, -0.15) is 5.10 Å². The smallest absolute Gasteiger partial charge is 0.357 e. The highest BCUT2D eigenvalue weighted by molar-refractivity contribution is 7.18. The normalized spacial score (nSPS) is 10.5. The number of hydrogen-bond acceptors (Lipinski definition) is 7. The van der Waals surface area contributed by atoms with E-state index in [0.717, 1.165) is 11.3 Å². The molecule has 0 saturated heterocycles. The summed E-state index contributed by atoms with van der Waals surface area (Å²) in [5.41, 5.74) is 4.99. The van der Waals surface area contributed by atoms with Gasteiger partial charge in [-0.3, -0.25) is 14.3 Å². The standard InChI is InChI=1S/C16H18N4O6S/c1-4-5-26-16(25)9-7(2)11(12(17)21)27-14(9)18-13(22)8-6-20(3)19-10(8)15(23)24/h6H,4-5H2,1-3H3,(H2,17,21)(H,18,22)(H,23,24). The van der Waals surface area contributed by atoms with Crippen molar-refractivity contribution in [3.63, 3.8) is 0 Å². The van der Waals surface area contributed by atoms with E-state index in [9.17, 15) is 19.2 Å². The van der Waals surface area contributed by atoms with Gasteiger partial charge in [-0.15, -0.1) is 11.3 Å². The lowest BCUT2D eigenvalue weighted by atomic mass is 10.1. The molecule has 4 N–H and O–H groups in total. The minimum Gasteiger partial charge on any atom is -0.476 e. The number of ether oxygens (including phenoxy) is 1. The van der Waals surface area contributed by atoms with E-state index >= 15 is 0 Å². The van der Waals surface area contributed by atoms with Gasteiger partial charge in [-0.05, 0) is 18.9 Å². The number of nitrogens with two attached hydrogens (primary N) is 1. The molecule has 2 rings (SSSR count). The summed E-state index contributed by atoms with van der Waals surface area (Å²) in [6.45, 7) is 3.50. The number of aromatic carboxylic acids is 1. The summed E-state index contributed by atoms with van der Waals surface area (Å²) in [5, 5.41) is 15.4. The van der Waals surface area contributed by atoms with Gasteiger partial charge in [0.2, 0.25) is 0 Å². The highest BCUT2D eigenvalue weighted by Crippen LogP contribution is 2.34. The van der Waals surface area contributed by atoms with Gasteiger partial charge in [0, 0.05) is 13.2 Å². The van der Waals surface area contributed by atoms with Crippen molar-refractivity contribution >= 4 is 40.1 Å². The first kappa shape index (κ1) is 20.1. The highest BCUT2D eigenvalue weighted by Gasteiger charge is 2.28. The van der Waals surface area contributed by atoms with Crippen LogP contribution in [0.5, 0.6) is 0 Å². The van der Waals surface area contributed by atoms with Crippen LogP contribution < -0.4 is 11.1 Å². The zero-order valence-electron chi connectivity index (χ0n) is 14.9. The Morgan fingerprint density at radius 1 is 1.37 bits per heavy atom. The van der Waals surface area contributed by atoms with Gasteiger partial charge in [0.15, 0.2) is 5.69 Å². The monoisotopic (exact) mass is 394 g/mol. The number of carbonyl (C=O) groups is 4. The number of anilines is 1. The Bertz CT molecular complexity index is 930. The first-order chi connectivity index (χ1) is 12.7. The molecule has 0 atom stereocenters. The number of nitrogens with zero attached hydrogens (tertiary/aromatic N) is 2. The Morgan fingerprint density at radius 2 is 2.04 bits per heavy atom. The number of carbonyl (C=O) groups excluding carboxylic acids is 3. The Morgan fingerprint density at radius 3 is 2.59 bits per heavy atom. The molecule has 0 radical (unpaired) electrons. The predicted molar refractivity (Wildman–Crippen MR) is 96.3 cm³/mol. The fourth-order valence-electron chi connectivity index (χ4n) is 2.33. The van der Waals surface area contributed by atoms with Crippen LogP contribution in [0.4, 0.5) is 5.00 Å². The van der Waals surface area contributed by atoms with Gasteiger partial charge in [-0.1, -0.05) is 6.92 Å². The first-order valence-corrected chi connectivity index (χ1v) is 8.67. The van der Waals surface area contributed by atoms with E-state index in [4.69, 9.17) is 15.6 Å². The number of rotatable bonds is 7. The maximum absolute atomic E-state index is 12.5. The molecule has 0 aromatic carbocycles. The fraction of sp³-hybridized carbons (Fsp3) is 0.312. The summed E-state index contributed by atoms with van der Waals surface area (Å²) in [6.07, 6.45) is 1.83. The second-order valence-corrected chi connectivity index (χ2v) is 6.61. The van der Waals surface area contributed by atoms with E-state index < -0.39 is 29.4 Å². The molecule has 0 saturated carbocycles. The lowest BCUT2D eigenvalue weighted by Crippen LogP contribution is -2.17. The number of amides is 2. The number of primary amides is 1. The molecule has 2 heterocycles. The minimum absolute atomic E-state index is 0.0105. The van der Waals surface area contributed by atoms with Gasteiger partial charge < -0.3 is 20.9 Å². The molecule has 0 bridgehead atoms. The van der Waals surface area contributed by atoms with Crippen molar-refractivity contribution < 1.29 is 29.0 Å². The Hall–Kier alpha value is -3.21. The highest BCUT2D eigenvalue weighted by atomic mass is 32.1.